The van der Waals surface area contributed by atoms with Gasteiger partial charge in [-0.25, -0.2) is 9.67 Å². The Balaban J connectivity index is 2.49. The molecule has 1 heterocycles. The summed E-state index contributed by atoms with van der Waals surface area (Å²) in [7, 11) is 3.50. The maximum Gasteiger partial charge on any atom is 0.217 e. The number of nitrogens with zero attached hydrogens (tertiary/aromatic N) is 3. The maximum absolute atomic E-state index is 5.15. The zero-order valence-corrected chi connectivity index (χ0v) is 10.0. The minimum Gasteiger partial charge on any atom is -0.497 e. The van der Waals surface area contributed by atoms with Crippen LogP contribution in [0, 0.1) is 0 Å². The first-order valence-electron chi connectivity index (χ1n) is 4.41. The van der Waals surface area contributed by atoms with E-state index in [4.69, 9.17) is 4.74 Å². The zero-order valence-electron chi connectivity index (χ0n) is 8.44. The van der Waals surface area contributed by atoms with Gasteiger partial charge in [0.25, 0.3) is 0 Å². The minimum absolute atomic E-state index is 0.586. The lowest BCUT2D eigenvalue weighted by Gasteiger charge is -2.02. The molecule has 0 radical (unpaired) electrons. The lowest BCUT2D eigenvalue weighted by Crippen LogP contribution is -1.94. The summed E-state index contributed by atoms with van der Waals surface area (Å²) in [4.78, 5) is 4.27. The molecule has 2 aromatic rings. The summed E-state index contributed by atoms with van der Waals surface area (Å²) in [6.45, 7) is 0. The van der Waals surface area contributed by atoms with Gasteiger partial charge >= 0.3 is 0 Å². The number of benzene rings is 1. The molecule has 0 aliphatic heterocycles. The second kappa shape index (κ2) is 4.02. The van der Waals surface area contributed by atoms with Crippen molar-refractivity contribution in [3.63, 3.8) is 0 Å². The fraction of sp³-hybridized carbons (Fsp3) is 0.200. The van der Waals surface area contributed by atoms with Crippen molar-refractivity contribution >= 4 is 15.9 Å². The average Bonchev–Trinajstić information content (AvgIpc) is 2.58. The van der Waals surface area contributed by atoms with Gasteiger partial charge in [-0.2, -0.15) is 0 Å². The van der Waals surface area contributed by atoms with Gasteiger partial charge in [0, 0.05) is 12.6 Å². The molecule has 1 aromatic heterocycles. The number of ether oxygens (including phenoxy) is 1. The Kier molecular flexibility index (Phi) is 2.73. The van der Waals surface area contributed by atoms with Gasteiger partial charge in [-0.05, 0) is 28.1 Å². The highest BCUT2D eigenvalue weighted by molar-refractivity contribution is 9.10. The summed E-state index contributed by atoms with van der Waals surface area (Å²) < 4.78 is 7.46. The van der Waals surface area contributed by atoms with Gasteiger partial charge in [-0.3, -0.25) is 0 Å². The largest absolute Gasteiger partial charge is 0.497 e. The topological polar surface area (TPSA) is 39.9 Å². The number of hydrogen-bond donors (Lipinski definition) is 0. The van der Waals surface area contributed by atoms with Crippen LogP contribution in [0.25, 0.3) is 11.4 Å². The van der Waals surface area contributed by atoms with E-state index in [1.165, 1.54) is 0 Å². The predicted octanol–water partition coefficient (Wildman–Crippen LogP) is 2.25. The highest BCUT2D eigenvalue weighted by Crippen LogP contribution is 2.22. The fourth-order valence-electron chi connectivity index (χ4n) is 1.37. The molecule has 0 saturated carbocycles. The van der Waals surface area contributed by atoms with Crippen LogP contribution >= 0.6 is 15.9 Å². The standard InChI is InChI=1S/C10H10BrN3O/c1-14-9(12-10(11)13-14)7-4-3-5-8(6-7)15-2/h3-6H,1-2H3. The van der Waals surface area contributed by atoms with Crippen LogP contribution in [-0.2, 0) is 7.05 Å². The van der Waals surface area contributed by atoms with Crippen LogP contribution in [0.4, 0.5) is 0 Å². The molecule has 5 heteroatoms. The molecule has 15 heavy (non-hydrogen) atoms. The van der Waals surface area contributed by atoms with Crippen molar-refractivity contribution in [3.05, 3.63) is 29.0 Å². The summed E-state index contributed by atoms with van der Waals surface area (Å²) in [5.74, 6) is 1.62. The van der Waals surface area contributed by atoms with E-state index in [-0.39, 0.29) is 0 Å². The summed E-state index contributed by atoms with van der Waals surface area (Å²) in [5, 5.41) is 4.12. The SMILES string of the molecule is COc1cccc(-c2nc(Br)nn2C)c1. The summed E-state index contributed by atoms with van der Waals surface area (Å²) >= 11 is 3.24. The highest BCUT2D eigenvalue weighted by atomic mass is 79.9. The van der Waals surface area contributed by atoms with Gasteiger partial charge in [0.1, 0.15) is 5.75 Å². The van der Waals surface area contributed by atoms with E-state index in [1.54, 1.807) is 11.8 Å². The van der Waals surface area contributed by atoms with Crippen molar-refractivity contribution in [1.29, 1.82) is 0 Å². The Bertz CT molecular complexity index is 481. The Morgan fingerprint density at radius 3 is 2.80 bits per heavy atom. The smallest absolute Gasteiger partial charge is 0.217 e. The first-order chi connectivity index (χ1) is 7.20. The molecule has 1 aromatic carbocycles. The highest BCUT2D eigenvalue weighted by Gasteiger charge is 2.07. The van der Waals surface area contributed by atoms with Crippen molar-refractivity contribution < 1.29 is 4.74 Å². The molecular formula is C10H10BrN3O. The maximum atomic E-state index is 5.15. The number of aryl methyl sites for hydroxylation is 1. The lowest BCUT2D eigenvalue weighted by molar-refractivity contribution is 0.415. The normalized spacial score (nSPS) is 10.3. The van der Waals surface area contributed by atoms with Crippen LogP contribution in [0.3, 0.4) is 0 Å². The monoisotopic (exact) mass is 267 g/mol. The number of rotatable bonds is 2. The number of methoxy groups -OCH3 is 1. The quantitative estimate of drug-likeness (QED) is 0.838. The van der Waals surface area contributed by atoms with E-state index in [2.05, 4.69) is 26.0 Å². The third-order valence-electron chi connectivity index (χ3n) is 2.07. The van der Waals surface area contributed by atoms with Crippen molar-refractivity contribution in [2.45, 2.75) is 0 Å². The summed E-state index contributed by atoms with van der Waals surface area (Å²) in [5.41, 5.74) is 0.982. The molecule has 0 N–H and O–H groups in total. The van der Waals surface area contributed by atoms with Gasteiger partial charge < -0.3 is 4.74 Å². The predicted molar refractivity (Wildman–Crippen MR) is 60.7 cm³/mol. The van der Waals surface area contributed by atoms with E-state index in [1.807, 2.05) is 31.3 Å². The number of hydrogen-bond acceptors (Lipinski definition) is 3. The molecule has 0 spiro atoms. The first-order valence-corrected chi connectivity index (χ1v) is 5.21. The minimum atomic E-state index is 0.586. The fourth-order valence-corrected chi connectivity index (χ4v) is 1.77. The number of aromatic nitrogens is 3. The molecule has 78 valence electrons. The van der Waals surface area contributed by atoms with Crippen LogP contribution < -0.4 is 4.74 Å². The number of halogens is 1. The molecule has 0 fully saturated rings. The van der Waals surface area contributed by atoms with Crippen molar-refractivity contribution in [2.24, 2.45) is 7.05 Å². The third kappa shape index (κ3) is 2.02. The van der Waals surface area contributed by atoms with E-state index >= 15 is 0 Å². The van der Waals surface area contributed by atoms with E-state index in [0.717, 1.165) is 17.1 Å². The van der Waals surface area contributed by atoms with Crippen LogP contribution in [0.2, 0.25) is 0 Å². The Labute approximate surface area is 96.0 Å². The van der Waals surface area contributed by atoms with Crippen LogP contribution in [-0.4, -0.2) is 21.9 Å². The molecule has 4 nitrogen and oxygen atoms in total. The van der Waals surface area contributed by atoms with Crippen LogP contribution in [0.5, 0.6) is 5.75 Å². The molecular weight excluding hydrogens is 258 g/mol. The summed E-state index contributed by atoms with van der Waals surface area (Å²) in [6.07, 6.45) is 0. The molecule has 0 atom stereocenters. The third-order valence-corrected chi connectivity index (χ3v) is 2.40. The second-order valence-corrected chi connectivity index (χ2v) is 3.77. The Hall–Kier alpha value is -1.36. The molecule has 2 rings (SSSR count). The Morgan fingerprint density at radius 2 is 2.20 bits per heavy atom. The van der Waals surface area contributed by atoms with Crippen molar-refractivity contribution in [2.75, 3.05) is 7.11 Å². The van der Waals surface area contributed by atoms with Gasteiger partial charge in [0.2, 0.25) is 4.73 Å². The van der Waals surface area contributed by atoms with E-state index in [0.29, 0.717) is 4.73 Å². The van der Waals surface area contributed by atoms with Crippen LogP contribution in [0.15, 0.2) is 29.0 Å². The molecule has 0 bridgehead atoms. The molecule has 0 aliphatic carbocycles. The van der Waals surface area contributed by atoms with E-state index in [9.17, 15) is 0 Å². The first kappa shape index (κ1) is 10.2. The van der Waals surface area contributed by atoms with Gasteiger partial charge in [-0.15, -0.1) is 5.10 Å². The van der Waals surface area contributed by atoms with Crippen molar-refractivity contribution in [3.8, 4) is 17.1 Å². The molecule has 0 unspecified atom stereocenters. The molecule has 0 saturated heterocycles. The van der Waals surface area contributed by atoms with Crippen molar-refractivity contribution in [1.82, 2.24) is 14.8 Å². The average molecular weight is 268 g/mol. The van der Waals surface area contributed by atoms with Crippen LogP contribution in [0.1, 0.15) is 0 Å². The molecule has 0 aliphatic rings. The van der Waals surface area contributed by atoms with Gasteiger partial charge in [0.15, 0.2) is 5.82 Å². The zero-order chi connectivity index (χ0) is 10.8. The second-order valence-electron chi connectivity index (χ2n) is 3.06. The van der Waals surface area contributed by atoms with Gasteiger partial charge in [-0.1, -0.05) is 12.1 Å². The Morgan fingerprint density at radius 1 is 1.40 bits per heavy atom. The van der Waals surface area contributed by atoms with Gasteiger partial charge in [0.05, 0.1) is 7.11 Å². The van der Waals surface area contributed by atoms with E-state index < -0.39 is 0 Å². The summed E-state index contributed by atoms with van der Waals surface area (Å²) in [6, 6.07) is 7.72. The molecule has 0 amide bonds. The lowest BCUT2D eigenvalue weighted by atomic mass is 10.2.